The summed E-state index contributed by atoms with van der Waals surface area (Å²) >= 11 is 0. The predicted molar refractivity (Wildman–Crippen MR) is 113 cm³/mol. The average Bonchev–Trinajstić information content (AvgIpc) is 2.79. The van der Waals surface area contributed by atoms with Crippen molar-refractivity contribution in [2.45, 2.75) is 19.3 Å². The summed E-state index contributed by atoms with van der Waals surface area (Å²) in [6.07, 6.45) is 0.960. The molecule has 30 heavy (non-hydrogen) atoms. The maximum Gasteiger partial charge on any atom is 0.254 e. The van der Waals surface area contributed by atoms with E-state index in [1.807, 2.05) is 0 Å². The van der Waals surface area contributed by atoms with Crippen LogP contribution in [0.15, 0.2) is 48.5 Å². The van der Waals surface area contributed by atoms with Crippen molar-refractivity contribution in [2.75, 3.05) is 38.7 Å². The van der Waals surface area contributed by atoms with E-state index in [0.29, 0.717) is 55.3 Å². The van der Waals surface area contributed by atoms with Crippen molar-refractivity contribution in [2.24, 2.45) is 0 Å². The molecule has 0 aromatic heterocycles. The number of benzene rings is 2. The quantitative estimate of drug-likeness (QED) is 0.676. The van der Waals surface area contributed by atoms with Crippen LogP contribution in [-0.2, 0) is 9.53 Å². The summed E-state index contributed by atoms with van der Waals surface area (Å²) in [6.45, 7) is 2.21. The fourth-order valence-corrected chi connectivity index (χ4v) is 3.23. The van der Waals surface area contributed by atoms with Gasteiger partial charge in [0, 0.05) is 42.7 Å². The van der Waals surface area contributed by atoms with E-state index in [4.69, 9.17) is 9.47 Å². The van der Waals surface area contributed by atoms with Crippen LogP contribution in [0.4, 0.5) is 5.69 Å². The van der Waals surface area contributed by atoms with E-state index < -0.39 is 0 Å². The highest BCUT2D eigenvalue weighted by Gasteiger charge is 2.18. The van der Waals surface area contributed by atoms with E-state index in [-0.39, 0.29) is 30.4 Å². The highest BCUT2D eigenvalue weighted by molar-refractivity contribution is 5.98. The van der Waals surface area contributed by atoms with Gasteiger partial charge in [0.2, 0.25) is 5.91 Å². The molecule has 158 valence electrons. The molecule has 0 saturated carbocycles. The Balaban J connectivity index is 1.47. The molecule has 0 atom stereocenters. The molecule has 7 heteroatoms. The monoisotopic (exact) mass is 410 g/mol. The van der Waals surface area contributed by atoms with Gasteiger partial charge in [0.25, 0.3) is 5.91 Å². The molecule has 2 amide bonds. The molecule has 7 nitrogen and oxygen atoms in total. The number of ketones is 1. The number of Topliss-reactive ketones (excluding diaryl/α,β-unsaturated/α-hetero) is 1. The van der Waals surface area contributed by atoms with Crippen LogP contribution in [0, 0.1) is 0 Å². The van der Waals surface area contributed by atoms with Crippen molar-refractivity contribution in [3.05, 3.63) is 59.7 Å². The molecule has 1 aliphatic heterocycles. The van der Waals surface area contributed by atoms with Crippen molar-refractivity contribution < 1.29 is 23.9 Å². The van der Waals surface area contributed by atoms with Crippen LogP contribution in [0.25, 0.3) is 0 Å². The summed E-state index contributed by atoms with van der Waals surface area (Å²) in [5, 5.41) is 2.81. The Labute approximate surface area is 176 Å². The number of methoxy groups -OCH3 is 1. The zero-order chi connectivity index (χ0) is 21.3. The van der Waals surface area contributed by atoms with Gasteiger partial charge in [0.1, 0.15) is 5.75 Å². The fourth-order valence-electron chi connectivity index (χ4n) is 3.23. The third-order valence-corrected chi connectivity index (χ3v) is 4.91. The molecule has 1 N–H and O–H groups in total. The second kappa shape index (κ2) is 10.5. The number of ether oxygens (including phenoxy) is 2. The van der Waals surface area contributed by atoms with Crippen LogP contribution in [0.3, 0.4) is 0 Å². The summed E-state index contributed by atoms with van der Waals surface area (Å²) in [6, 6.07) is 13.8. The van der Waals surface area contributed by atoms with Gasteiger partial charge in [-0.05, 0) is 48.9 Å². The summed E-state index contributed by atoms with van der Waals surface area (Å²) in [7, 11) is 1.57. The maximum atomic E-state index is 12.6. The number of carbonyl (C=O) groups is 3. The van der Waals surface area contributed by atoms with Gasteiger partial charge in [-0.25, -0.2) is 0 Å². The zero-order valence-corrected chi connectivity index (χ0v) is 17.1. The molecule has 0 radical (unpaired) electrons. The molecule has 0 spiro atoms. The standard InChI is InChI=1S/C23H26N2O5/c1-29-20-10-8-17(9-11-20)21(26)6-3-7-22(27)24-19-5-2-4-18(16-19)23(28)25-12-14-30-15-13-25/h2,4-5,8-11,16H,3,6-7,12-15H2,1H3,(H,24,27). The normalized spacial score (nSPS) is 13.6. The van der Waals surface area contributed by atoms with Crippen LogP contribution in [0.1, 0.15) is 40.0 Å². The molecule has 1 fully saturated rings. The van der Waals surface area contributed by atoms with Crippen LogP contribution >= 0.6 is 0 Å². The predicted octanol–water partition coefficient (Wildman–Crippen LogP) is 3.16. The first-order valence-electron chi connectivity index (χ1n) is 10.0. The molecular weight excluding hydrogens is 384 g/mol. The van der Waals surface area contributed by atoms with Crippen LogP contribution < -0.4 is 10.1 Å². The highest BCUT2D eigenvalue weighted by Crippen LogP contribution is 2.16. The van der Waals surface area contributed by atoms with Crippen molar-refractivity contribution in [3.63, 3.8) is 0 Å². The van der Waals surface area contributed by atoms with E-state index in [1.54, 1.807) is 60.5 Å². The molecule has 3 rings (SSSR count). The smallest absolute Gasteiger partial charge is 0.254 e. The number of nitrogens with one attached hydrogen (secondary N) is 1. The highest BCUT2D eigenvalue weighted by atomic mass is 16.5. The van der Waals surface area contributed by atoms with E-state index in [1.165, 1.54) is 0 Å². The van der Waals surface area contributed by atoms with Gasteiger partial charge in [-0.15, -0.1) is 0 Å². The molecule has 1 aliphatic rings. The van der Waals surface area contributed by atoms with Crippen LogP contribution in [-0.4, -0.2) is 55.9 Å². The number of hydrogen-bond donors (Lipinski definition) is 1. The SMILES string of the molecule is COc1ccc(C(=O)CCCC(=O)Nc2cccc(C(=O)N3CCOCC3)c2)cc1. The summed E-state index contributed by atoms with van der Waals surface area (Å²) in [4.78, 5) is 38.8. The molecular formula is C23H26N2O5. The number of rotatable bonds is 8. The number of amides is 2. The topological polar surface area (TPSA) is 84.9 Å². The Kier molecular flexibility index (Phi) is 7.57. The van der Waals surface area contributed by atoms with Gasteiger partial charge in [0.15, 0.2) is 5.78 Å². The number of hydrogen-bond acceptors (Lipinski definition) is 5. The van der Waals surface area contributed by atoms with Crippen molar-refractivity contribution in [1.82, 2.24) is 4.90 Å². The maximum absolute atomic E-state index is 12.6. The minimum absolute atomic E-state index is 0.0106. The summed E-state index contributed by atoms with van der Waals surface area (Å²) in [5.74, 6) is 0.428. The van der Waals surface area contributed by atoms with Crippen molar-refractivity contribution in [3.8, 4) is 5.75 Å². The van der Waals surface area contributed by atoms with Gasteiger partial charge in [0.05, 0.1) is 20.3 Å². The third-order valence-electron chi connectivity index (χ3n) is 4.91. The molecule has 0 unspecified atom stereocenters. The van der Waals surface area contributed by atoms with Gasteiger partial charge >= 0.3 is 0 Å². The lowest BCUT2D eigenvalue weighted by atomic mass is 10.1. The Morgan fingerprint density at radius 3 is 2.43 bits per heavy atom. The Morgan fingerprint density at radius 2 is 1.73 bits per heavy atom. The van der Waals surface area contributed by atoms with E-state index in [9.17, 15) is 14.4 Å². The lowest BCUT2D eigenvalue weighted by Crippen LogP contribution is -2.40. The molecule has 1 heterocycles. The van der Waals surface area contributed by atoms with Crippen molar-refractivity contribution in [1.29, 1.82) is 0 Å². The molecule has 0 aliphatic carbocycles. The number of carbonyl (C=O) groups excluding carboxylic acids is 3. The first-order valence-corrected chi connectivity index (χ1v) is 10.0. The fraction of sp³-hybridized carbons (Fsp3) is 0.348. The Bertz CT molecular complexity index is 889. The van der Waals surface area contributed by atoms with E-state index in [2.05, 4.69) is 5.32 Å². The summed E-state index contributed by atoms with van der Waals surface area (Å²) in [5.41, 5.74) is 1.70. The van der Waals surface area contributed by atoms with Crippen molar-refractivity contribution >= 4 is 23.3 Å². The van der Waals surface area contributed by atoms with E-state index >= 15 is 0 Å². The zero-order valence-electron chi connectivity index (χ0n) is 17.1. The van der Waals surface area contributed by atoms with Gasteiger partial charge < -0.3 is 19.7 Å². The third kappa shape index (κ3) is 5.90. The second-order valence-corrected chi connectivity index (χ2v) is 7.04. The minimum atomic E-state index is -0.187. The lowest BCUT2D eigenvalue weighted by Gasteiger charge is -2.27. The number of anilines is 1. The van der Waals surface area contributed by atoms with Crippen LogP contribution in [0.5, 0.6) is 5.75 Å². The molecule has 2 aromatic carbocycles. The first-order chi connectivity index (χ1) is 14.6. The summed E-state index contributed by atoms with van der Waals surface area (Å²) < 4.78 is 10.4. The Morgan fingerprint density at radius 1 is 1.00 bits per heavy atom. The first kappa shape index (κ1) is 21.5. The average molecular weight is 410 g/mol. The van der Waals surface area contributed by atoms with Gasteiger partial charge in [-0.3, -0.25) is 14.4 Å². The lowest BCUT2D eigenvalue weighted by molar-refractivity contribution is -0.116. The molecule has 1 saturated heterocycles. The second-order valence-electron chi connectivity index (χ2n) is 7.04. The van der Waals surface area contributed by atoms with Gasteiger partial charge in [-0.1, -0.05) is 6.07 Å². The van der Waals surface area contributed by atoms with Crippen LogP contribution in [0.2, 0.25) is 0 Å². The van der Waals surface area contributed by atoms with E-state index in [0.717, 1.165) is 0 Å². The molecule has 0 bridgehead atoms. The minimum Gasteiger partial charge on any atom is -0.497 e. The number of nitrogens with zero attached hydrogens (tertiary/aromatic N) is 1. The van der Waals surface area contributed by atoms with Gasteiger partial charge in [-0.2, -0.15) is 0 Å². The molecule has 2 aromatic rings. The number of morpholine rings is 1. The Hall–Kier alpha value is -3.19. The largest absolute Gasteiger partial charge is 0.497 e.